The fourth-order valence-electron chi connectivity index (χ4n) is 4.53. The van der Waals surface area contributed by atoms with Crippen molar-refractivity contribution in [2.24, 2.45) is 0 Å². The molecule has 0 bridgehead atoms. The Kier molecular flexibility index (Phi) is 9.28. The summed E-state index contributed by atoms with van der Waals surface area (Å²) < 4.78 is 5.08. The summed E-state index contributed by atoms with van der Waals surface area (Å²) in [5.41, 5.74) is 3.73. The van der Waals surface area contributed by atoms with Crippen LogP contribution in [-0.4, -0.2) is 37.0 Å². The van der Waals surface area contributed by atoms with E-state index in [4.69, 9.17) is 4.74 Å². The Labute approximate surface area is 211 Å². The first-order valence-corrected chi connectivity index (χ1v) is 12.3. The predicted octanol–water partition coefficient (Wildman–Crippen LogP) is 5.89. The van der Waals surface area contributed by atoms with Gasteiger partial charge in [0.1, 0.15) is 5.00 Å². The SMILES string of the molecule is CCCN1CCc2c(sc(NC(=O)CC(c3ccccc3)c3ccccc3)c2C(=O)OC)C1.Cl. The van der Waals surface area contributed by atoms with Crippen LogP contribution in [0.25, 0.3) is 0 Å². The number of thiophene rings is 1. The normalized spacial score (nSPS) is 13.1. The maximum Gasteiger partial charge on any atom is 0.341 e. The monoisotopic (exact) mass is 498 g/mol. The molecule has 1 N–H and O–H groups in total. The van der Waals surface area contributed by atoms with Gasteiger partial charge in [0.2, 0.25) is 5.91 Å². The van der Waals surface area contributed by atoms with Gasteiger partial charge in [-0.2, -0.15) is 0 Å². The molecule has 2 aromatic carbocycles. The standard InChI is InChI=1S/C27H30N2O3S.ClH/c1-3-15-29-16-14-21-23(18-29)33-26(25(21)27(31)32-2)28-24(30)17-22(19-10-6-4-7-11-19)20-12-8-5-9-13-20;/h4-13,22H,3,14-18H2,1-2H3,(H,28,30);1H. The van der Waals surface area contributed by atoms with Crippen molar-refractivity contribution in [1.29, 1.82) is 0 Å². The average molecular weight is 499 g/mol. The van der Waals surface area contributed by atoms with E-state index in [0.717, 1.165) is 54.0 Å². The van der Waals surface area contributed by atoms with E-state index >= 15 is 0 Å². The van der Waals surface area contributed by atoms with E-state index in [1.165, 1.54) is 18.4 Å². The van der Waals surface area contributed by atoms with Crippen molar-refractivity contribution in [2.45, 2.75) is 38.6 Å². The molecule has 5 nitrogen and oxygen atoms in total. The summed E-state index contributed by atoms with van der Waals surface area (Å²) in [5, 5.41) is 3.67. The minimum Gasteiger partial charge on any atom is -0.465 e. The number of methoxy groups -OCH3 is 1. The molecule has 0 radical (unpaired) electrons. The summed E-state index contributed by atoms with van der Waals surface area (Å²) in [5.74, 6) is -0.556. The largest absolute Gasteiger partial charge is 0.465 e. The van der Waals surface area contributed by atoms with Crippen LogP contribution in [0.2, 0.25) is 0 Å². The summed E-state index contributed by atoms with van der Waals surface area (Å²) in [4.78, 5) is 29.4. The van der Waals surface area contributed by atoms with Gasteiger partial charge in [0.05, 0.1) is 12.7 Å². The van der Waals surface area contributed by atoms with Gasteiger partial charge in [-0.1, -0.05) is 67.6 Å². The molecule has 4 rings (SSSR count). The molecule has 1 aromatic heterocycles. The Morgan fingerprint density at radius 2 is 1.68 bits per heavy atom. The summed E-state index contributed by atoms with van der Waals surface area (Å²) >= 11 is 1.51. The zero-order valence-corrected chi connectivity index (χ0v) is 21.2. The quantitative estimate of drug-likeness (QED) is 0.394. The Morgan fingerprint density at radius 1 is 1.06 bits per heavy atom. The van der Waals surface area contributed by atoms with E-state index in [0.29, 0.717) is 17.0 Å². The molecule has 0 saturated carbocycles. The number of ether oxygens (including phenoxy) is 1. The lowest BCUT2D eigenvalue weighted by Gasteiger charge is -2.26. The Hall–Kier alpha value is -2.67. The number of benzene rings is 2. The van der Waals surface area contributed by atoms with Crippen LogP contribution in [0.4, 0.5) is 5.00 Å². The van der Waals surface area contributed by atoms with Crippen LogP contribution in [0.5, 0.6) is 0 Å². The molecule has 0 atom stereocenters. The molecule has 34 heavy (non-hydrogen) atoms. The van der Waals surface area contributed by atoms with Gasteiger partial charge in [-0.15, -0.1) is 23.7 Å². The summed E-state index contributed by atoms with van der Waals surface area (Å²) in [7, 11) is 1.39. The van der Waals surface area contributed by atoms with E-state index in [9.17, 15) is 9.59 Å². The number of hydrogen-bond donors (Lipinski definition) is 1. The van der Waals surface area contributed by atoms with Crippen LogP contribution < -0.4 is 5.32 Å². The second-order valence-corrected chi connectivity index (χ2v) is 9.46. The number of amides is 1. The first kappa shape index (κ1) is 25.9. The van der Waals surface area contributed by atoms with Gasteiger partial charge in [-0.3, -0.25) is 9.69 Å². The lowest BCUT2D eigenvalue weighted by atomic mass is 9.88. The van der Waals surface area contributed by atoms with E-state index in [-0.39, 0.29) is 30.2 Å². The summed E-state index contributed by atoms with van der Waals surface area (Å²) in [6, 6.07) is 20.1. The average Bonchev–Trinajstić information content (AvgIpc) is 3.20. The first-order chi connectivity index (χ1) is 16.1. The van der Waals surface area contributed by atoms with Crippen molar-refractivity contribution in [3.8, 4) is 0 Å². The minimum atomic E-state index is -0.380. The highest BCUT2D eigenvalue weighted by molar-refractivity contribution is 7.17. The number of nitrogens with one attached hydrogen (secondary N) is 1. The zero-order chi connectivity index (χ0) is 23.2. The molecule has 0 unspecified atom stereocenters. The Bertz CT molecular complexity index is 1060. The number of rotatable bonds is 8. The molecule has 1 amide bonds. The maximum absolute atomic E-state index is 13.2. The third kappa shape index (κ3) is 5.87. The van der Waals surface area contributed by atoms with Crippen molar-refractivity contribution in [3.05, 3.63) is 87.8 Å². The van der Waals surface area contributed by atoms with Crippen LogP contribution in [0.3, 0.4) is 0 Å². The van der Waals surface area contributed by atoms with Gasteiger partial charge < -0.3 is 10.1 Å². The van der Waals surface area contributed by atoms with Crippen molar-refractivity contribution in [3.63, 3.8) is 0 Å². The van der Waals surface area contributed by atoms with Crippen LogP contribution in [0, 0.1) is 0 Å². The molecule has 180 valence electrons. The van der Waals surface area contributed by atoms with Gasteiger partial charge in [-0.25, -0.2) is 4.79 Å². The lowest BCUT2D eigenvalue weighted by molar-refractivity contribution is -0.116. The molecule has 0 spiro atoms. The van der Waals surface area contributed by atoms with Gasteiger partial charge in [-0.05, 0) is 36.1 Å². The number of carbonyl (C=O) groups is 2. The van der Waals surface area contributed by atoms with E-state index < -0.39 is 0 Å². The van der Waals surface area contributed by atoms with Gasteiger partial charge in [0, 0.05) is 30.3 Å². The summed E-state index contributed by atoms with van der Waals surface area (Å²) in [6.45, 7) is 4.93. The Balaban J connectivity index is 0.00000324. The maximum atomic E-state index is 13.2. The van der Waals surface area contributed by atoms with Crippen LogP contribution >= 0.6 is 23.7 Å². The highest BCUT2D eigenvalue weighted by Crippen LogP contribution is 2.38. The second-order valence-electron chi connectivity index (χ2n) is 8.35. The van der Waals surface area contributed by atoms with E-state index in [1.807, 2.05) is 36.4 Å². The van der Waals surface area contributed by atoms with E-state index in [2.05, 4.69) is 41.4 Å². The zero-order valence-electron chi connectivity index (χ0n) is 19.6. The number of fused-ring (bicyclic) bond motifs is 1. The molecule has 1 aliphatic rings. The smallest absolute Gasteiger partial charge is 0.341 e. The number of esters is 1. The number of nitrogens with zero attached hydrogens (tertiary/aromatic N) is 1. The third-order valence-electron chi connectivity index (χ3n) is 6.11. The fraction of sp³-hybridized carbons (Fsp3) is 0.333. The molecule has 0 saturated heterocycles. The van der Waals surface area contributed by atoms with Crippen LogP contribution in [-0.2, 0) is 22.5 Å². The number of anilines is 1. The molecular weight excluding hydrogens is 468 g/mol. The lowest BCUT2D eigenvalue weighted by Crippen LogP contribution is -2.30. The number of carbonyl (C=O) groups excluding carboxylic acids is 2. The number of halogens is 1. The van der Waals surface area contributed by atoms with Crippen molar-refractivity contribution < 1.29 is 14.3 Å². The second kappa shape index (κ2) is 12.2. The van der Waals surface area contributed by atoms with E-state index in [1.54, 1.807) is 0 Å². The van der Waals surface area contributed by atoms with Gasteiger partial charge in [0.25, 0.3) is 0 Å². The predicted molar refractivity (Wildman–Crippen MR) is 140 cm³/mol. The highest BCUT2D eigenvalue weighted by Gasteiger charge is 2.29. The van der Waals surface area contributed by atoms with Crippen molar-refractivity contribution in [1.82, 2.24) is 4.90 Å². The molecule has 0 aliphatic carbocycles. The molecule has 1 aliphatic heterocycles. The van der Waals surface area contributed by atoms with Crippen molar-refractivity contribution >= 4 is 40.6 Å². The van der Waals surface area contributed by atoms with Crippen molar-refractivity contribution in [2.75, 3.05) is 25.5 Å². The molecule has 7 heteroatoms. The topological polar surface area (TPSA) is 58.6 Å². The molecular formula is C27H31ClN2O3S. The highest BCUT2D eigenvalue weighted by atomic mass is 35.5. The Morgan fingerprint density at radius 3 is 2.24 bits per heavy atom. The van der Waals surface area contributed by atoms with Crippen LogP contribution in [0.15, 0.2) is 60.7 Å². The third-order valence-corrected chi connectivity index (χ3v) is 7.24. The molecule has 2 heterocycles. The van der Waals surface area contributed by atoms with Gasteiger partial charge >= 0.3 is 5.97 Å². The summed E-state index contributed by atoms with van der Waals surface area (Å²) in [6.07, 6.45) is 2.18. The first-order valence-electron chi connectivity index (χ1n) is 11.5. The molecule has 3 aromatic rings. The molecule has 0 fully saturated rings. The minimum absolute atomic E-state index is 0. The van der Waals surface area contributed by atoms with Gasteiger partial charge in [0.15, 0.2) is 0 Å². The fourth-order valence-corrected chi connectivity index (χ4v) is 5.83. The van der Waals surface area contributed by atoms with Crippen LogP contribution in [0.1, 0.15) is 57.6 Å². The number of hydrogen-bond acceptors (Lipinski definition) is 5.